The summed E-state index contributed by atoms with van der Waals surface area (Å²) in [5.74, 6) is 1.95. The Labute approximate surface area is 400 Å². The minimum absolute atomic E-state index is 0.649. The van der Waals surface area contributed by atoms with Crippen LogP contribution < -0.4 is 0 Å². The van der Waals surface area contributed by atoms with Gasteiger partial charge in [0.15, 0.2) is 17.5 Å². The van der Waals surface area contributed by atoms with E-state index >= 15 is 0 Å². The summed E-state index contributed by atoms with van der Waals surface area (Å²) in [5, 5.41) is 6.98. The second-order valence-electron chi connectivity index (χ2n) is 17.5. The molecule has 10 aromatic carbocycles. The number of hydrogen-bond donors (Lipinski definition) is 0. The highest BCUT2D eigenvalue weighted by molar-refractivity contribution is 7.26. The maximum atomic E-state index is 6.48. The Bertz CT molecular complexity index is 4250. The Hall–Kier alpha value is -8.97. The van der Waals surface area contributed by atoms with E-state index in [0.717, 1.165) is 94.1 Å². The lowest BCUT2D eigenvalue weighted by molar-refractivity contribution is 0.670. The molecule has 0 aliphatic heterocycles. The molecule has 69 heavy (non-hydrogen) atoms. The van der Waals surface area contributed by atoms with E-state index in [0.29, 0.717) is 17.5 Å². The molecule has 0 unspecified atom stereocenters. The normalized spacial score (nSPS) is 11.8. The van der Waals surface area contributed by atoms with E-state index in [1.165, 1.54) is 25.6 Å². The summed E-state index contributed by atoms with van der Waals surface area (Å²) in [6, 6.07) is 81.8. The monoisotopic (exact) mass is 898 g/mol. The lowest BCUT2D eigenvalue weighted by Gasteiger charge is -2.10. The van der Waals surface area contributed by atoms with Gasteiger partial charge in [-0.15, -0.1) is 11.3 Å². The van der Waals surface area contributed by atoms with Crippen molar-refractivity contribution in [3.8, 4) is 73.2 Å². The first-order valence-corrected chi connectivity index (χ1v) is 24.0. The second-order valence-corrected chi connectivity index (χ2v) is 18.6. The molecule has 14 aromatic rings. The predicted molar refractivity (Wildman–Crippen MR) is 287 cm³/mol. The third kappa shape index (κ3) is 6.56. The van der Waals surface area contributed by atoms with Gasteiger partial charge in [-0.3, -0.25) is 0 Å². The zero-order valence-electron chi connectivity index (χ0n) is 37.0. The van der Waals surface area contributed by atoms with Crippen LogP contribution in [0, 0.1) is 0 Å². The van der Waals surface area contributed by atoms with Crippen molar-refractivity contribution in [3.05, 3.63) is 231 Å². The van der Waals surface area contributed by atoms with Crippen molar-refractivity contribution in [2.75, 3.05) is 0 Å². The van der Waals surface area contributed by atoms with Gasteiger partial charge in [-0.2, -0.15) is 0 Å². The molecule has 6 heteroatoms. The fraction of sp³-hybridized carbons (Fsp3) is 0. The van der Waals surface area contributed by atoms with Gasteiger partial charge in [0.2, 0.25) is 0 Å². The highest BCUT2D eigenvalue weighted by Crippen LogP contribution is 2.44. The molecule has 0 aliphatic rings. The van der Waals surface area contributed by atoms with Crippen LogP contribution >= 0.6 is 11.3 Å². The van der Waals surface area contributed by atoms with E-state index in [-0.39, 0.29) is 0 Å². The largest absolute Gasteiger partial charge is 0.455 e. The van der Waals surface area contributed by atoms with Crippen LogP contribution in [-0.4, -0.2) is 19.5 Å². The molecule has 0 atom stereocenters. The van der Waals surface area contributed by atoms with E-state index < -0.39 is 0 Å². The van der Waals surface area contributed by atoms with Crippen molar-refractivity contribution in [2.24, 2.45) is 0 Å². The van der Waals surface area contributed by atoms with Gasteiger partial charge in [-0.25, -0.2) is 15.0 Å². The highest BCUT2D eigenvalue weighted by Gasteiger charge is 2.20. The zero-order valence-corrected chi connectivity index (χ0v) is 37.9. The van der Waals surface area contributed by atoms with Gasteiger partial charge in [0, 0.05) is 69.7 Å². The maximum Gasteiger partial charge on any atom is 0.164 e. The van der Waals surface area contributed by atoms with Crippen molar-refractivity contribution in [2.45, 2.75) is 0 Å². The molecular weight excluding hydrogens is 861 g/mol. The van der Waals surface area contributed by atoms with E-state index in [1.807, 2.05) is 48.5 Å². The molecule has 0 bridgehead atoms. The van der Waals surface area contributed by atoms with E-state index in [4.69, 9.17) is 19.4 Å². The van der Waals surface area contributed by atoms with Crippen LogP contribution in [0.5, 0.6) is 0 Å². The molecule has 0 fully saturated rings. The summed E-state index contributed by atoms with van der Waals surface area (Å²) in [5.41, 5.74) is 14.9. The molecule has 0 amide bonds. The number of benzene rings is 10. The molecule has 0 saturated carbocycles. The van der Waals surface area contributed by atoms with Crippen LogP contribution in [0.1, 0.15) is 0 Å². The number of thiophene rings is 1. The van der Waals surface area contributed by atoms with Crippen molar-refractivity contribution < 1.29 is 4.42 Å². The number of rotatable bonds is 7. The third-order valence-electron chi connectivity index (χ3n) is 13.5. The van der Waals surface area contributed by atoms with Gasteiger partial charge in [0.05, 0.1) is 11.0 Å². The van der Waals surface area contributed by atoms with E-state index in [1.54, 1.807) is 11.3 Å². The topological polar surface area (TPSA) is 56.7 Å². The van der Waals surface area contributed by atoms with Gasteiger partial charge in [-0.1, -0.05) is 164 Å². The van der Waals surface area contributed by atoms with Gasteiger partial charge < -0.3 is 8.98 Å². The van der Waals surface area contributed by atoms with Crippen LogP contribution in [0.3, 0.4) is 0 Å². The number of hydrogen-bond acceptors (Lipinski definition) is 5. The van der Waals surface area contributed by atoms with E-state index in [2.05, 4.69) is 187 Å². The molecule has 0 radical (unpaired) electrons. The Kier molecular flexibility index (Phi) is 9.00. The van der Waals surface area contributed by atoms with Crippen LogP contribution in [0.4, 0.5) is 0 Å². The summed E-state index contributed by atoms with van der Waals surface area (Å²) in [6.45, 7) is 0. The van der Waals surface area contributed by atoms with Gasteiger partial charge >= 0.3 is 0 Å². The Morgan fingerprint density at radius 1 is 0.333 bits per heavy atom. The summed E-state index contributed by atoms with van der Waals surface area (Å²) in [4.78, 5) is 15.3. The lowest BCUT2D eigenvalue weighted by Crippen LogP contribution is -2.00. The summed E-state index contributed by atoms with van der Waals surface area (Å²) >= 11 is 1.80. The second kappa shape index (κ2) is 15.8. The van der Waals surface area contributed by atoms with Crippen LogP contribution in [0.15, 0.2) is 235 Å². The molecule has 322 valence electrons. The number of aromatic nitrogens is 4. The number of fused-ring (bicyclic) bond motifs is 9. The summed E-state index contributed by atoms with van der Waals surface area (Å²) < 4.78 is 11.3. The molecule has 0 spiro atoms. The fourth-order valence-corrected chi connectivity index (χ4v) is 11.3. The first-order chi connectivity index (χ1) is 34.2. The number of para-hydroxylation sites is 3. The number of furan rings is 1. The van der Waals surface area contributed by atoms with Crippen molar-refractivity contribution in [1.29, 1.82) is 0 Å². The minimum Gasteiger partial charge on any atom is -0.455 e. The molecule has 4 heterocycles. The van der Waals surface area contributed by atoms with Crippen molar-refractivity contribution in [3.63, 3.8) is 0 Å². The van der Waals surface area contributed by atoms with Crippen LogP contribution in [-0.2, 0) is 0 Å². The standard InChI is InChI=1S/C63H38N4OS/c1-4-15-39(16-5-1)61-64-62(40-17-6-2-7-18-40)66-63(65-61)50-26-14-28-58-59(50)53-38-44(31-34-57(53)69-58)43-30-33-55-52(37-43)51-36-42(29-32-54(51)67(55)46-21-8-3-9-22-46)41-19-12-20-45(35-41)47-24-13-25-49-48-23-10-11-27-56(48)68-60(47)49/h1-38H. The zero-order chi connectivity index (χ0) is 45.4. The van der Waals surface area contributed by atoms with Gasteiger partial charge in [0.1, 0.15) is 11.2 Å². The van der Waals surface area contributed by atoms with Gasteiger partial charge in [0.25, 0.3) is 0 Å². The first-order valence-electron chi connectivity index (χ1n) is 23.2. The average molecular weight is 899 g/mol. The Morgan fingerprint density at radius 2 is 0.855 bits per heavy atom. The Balaban J connectivity index is 0.916. The number of nitrogens with zero attached hydrogens (tertiary/aromatic N) is 4. The van der Waals surface area contributed by atoms with Crippen molar-refractivity contribution in [1.82, 2.24) is 19.5 Å². The third-order valence-corrected chi connectivity index (χ3v) is 14.6. The molecule has 4 aromatic heterocycles. The molecular formula is C63H38N4OS. The molecule has 14 rings (SSSR count). The molecule has 0 saturated heterocycles. The predicted octanol–water partition coefficient (Wildman–Crippen LogP) is 17.2. The molecule has 0 aliphatic carbocycles. The maximum absolute atomic E-state index is 6.48. The Morgan fingerprint density at radius 3 is 1.57 bits per heavy atom. The van der Waals surface area contributed by atoms with E-state index in [9.17, 15) is 0 Å². The van der Waals surface area contributed by atoms with Gasteiger partial charge in [-0.05, 0) is 94.5 Å². The van der Waals surface area contributed by atoms with Crippen molar-refractivity contribution >= 4 is 75.3 Å². The molecule has 0 N–H and O–H groups in total. The fourth-order valence-electron chi connectivity index (χ4n) is 10.2. The van der Waals surface area contributed by atoms with Crippen LogP contribution in [0.25, 0.3) is 137 Å². The summed E-state index contributed by atoms with van der Waals surface area (Å²) in [7, 11) is 0. The summed E-state index contributed by atoms with van der Waals surface area (Å²) in [6.07, 6.45) is 0. The average Bonchev–Trinajstić information content (AvgIpc) is 4.10. The highest BCUT2D eigenvalue weighted by atomic mass is 32.1. The first kappa shape index (κ1) is 39.2. The lowest BCUT2D eigenvalue weighted by atomic mass is 9.96. The smallest absolute Gasteiger partial charge is 0.164 e. The quantitative estimate of drug-likeness (QED) is 0.160. The molecule has 5 nitrogen and oxygen atoms in total. The SMILES string of the molecule is c1ccc(-c2nc(-c3ccccc3)nc(-c3cccc4sc5ccc(-c6ccc7c(c6)c6cc(-c8cccc(-c9cccc%10c9oc9ccccc9%10)c8)ccc6n7-c6ccccc6)cc5c34)n2)cc1. The minimum atomic E-state index is 0.649. The van der Waals surface area contributed by atoms with Crippen LogP contribution in [0.2, 0.25) is 0 Å².